The molecule has 100 valence electrons. The second kappa shape index (κ2) is 6.12. The Morgan fingerprint density at radius 3 is 2.84 bits per heavy atom. The van der Waals surface area contributed by atoms with Crippen molar-refractivity contribution in [3.8, 4) is 5.75 Å². The van der Waals surface area contributed by atoms with Crippen LogP contribution in [0.3, 0.4) is 0 Å². The Morgan fingerprint density at radius 2 is 2.21 bits per heavy atom. The summed E-state index contributed by atoms with van der Waals surface area (Å²) >= 11 is 3.00. The van der Waals surface area contributed by atoms with Gasteiger partial charge in [-0.1, -0.05) is 6.07 Å². The third-order valence-corrected chi connectivity index (χ3v) is 4.79. The highest BCUT2D eigenvalue weighted by Crippen LogP contribution is 2.30. The molecule has 1 N–H and O–H groups in total. The fourth-order valence-corrected chi connectivity index (χ4v) is 3.59. The number of methoxy groups -OCH3 is 1. The van der Waals surface area contributed by atoms with Crippen LogP contribution in [0.2, 0.25) is 0 Å². The number of aryl methyl sites for hydroxylation is 1. The van der Waals surface area contributed by atoms with Gasteiger partial charge in [-0.05, 0) is 36.8 Å². The van der Waals surface area contributed by atoms with E-state index in [1.54, 1.807) is 24.9 Å². The monoisotopic (exact) mass is 294 g/mol. The van der Waals surface area contributed by atoms with E-state index in [0.717, 1.165) is 26.8 Å². The minimum atomic E-state index is -0.856. The molecule has 5 heteroatoms. The van der Waals surface area contributed by atoms with Gasteiger partial charge in [0.2, 0.25) is 0 Å². The van der Waals surface area contributed by atoms with E-state index in [9.17, 15) is 4.79 Å². The molecule has 1 aromatic carbocycles. The Hall–Kier alpha value is -1.46. The lowest BCUT2D eigenvalue weighted by molar-refractivity contribution is 0.0702. The lowest BCUT2D eigenvalue weighted by Crippen LogP contribution is -1.90. The van der Waals surface area contributed by atoms with Crippen LogP contribution >= 0.6 is 23.1 Å². The number of carbonyl (C=O) groups is 1. The molecule has 0 amide bonds. The summed E-state index contributed by atoms with van der Waals surface area (Å²) in [5.41, 5.74) is 1.08. The van der Waals surface area contributed by atoms with Crippen molar-refractivity contribution in [2.24, 2.45) is 0 Å². The van der Waals surface area contributed by atoms with E-state index in [4.69, 9.17) is 9.84 Å². The summed E-state index contributed by atoms with van der Waals surface area (Å²) in [4.78, 5) is 13.5. The van der Waals surface area contributed by atoms with Gasteiger partial charge in [-0.2, -0.15) is 0 Å². The van der Waals surface area contributed by atoms with Crippen LogP contribution in [0.25, 0.3) is 0 Å². The molecule has 0 aliphatic heterocycles. The molecule has 0 atom stereocenters. The SMILES string of the molecule is COc1cccc(SCc2cc(C(=O)O)sc2C)c1. The maximum Gasteiger partial charge on any atom is 0.345 e. The number of thiophene rings is 1. The van der Waals surface area contributed by atoms with E-state index < -0.39 is 5.97 Å². The molecule has 0 saturated carbocycles. The van der Waals surface area contributed by atoms with E-state index in [1.807, 2.05) is 31.2 Å². The fourth-order valence-electron chi connectivity index (χ4n) is 1.62. The Kier molecular flexibility index (Phi) is 4.50. The molecule has 3 nitrogen and oxygen atoms in total. The highest BCUT2D eigenvalue weighted by molar-refractivity contribution is 7.98. The molecule has 1 heterocycles. The van der Waals surface area contributed by atoms with Crippen LogP contribution in [0, 0.1) is 6.92 Å². The van der Waals surface area contributed by atoms with Crippen molar-refractivity contribution in [1.82, 2.24) is 0 Å². The summed E-state index contributed by atoms with van der Waals surface area (Å²) in [5, 5.41) is 8.96. The van der Waals surface area contributed by atoms with Crippen LogP contribution in [0.5, 0.6) is 5.75 Å². The van der Waals surface area contributed by atoms with Crippen molar-refractivity contribution in [2.45, 2.75) is 17.6 Å². The van der Waals surface area contributed by atoms with E-state index in [-0.39, 0.29) is 0 Å². The number of carboxylic acids is 1. The lowest BCUT2D eigenvalue weighted by Gasteiger charge is -2.04. The van der Waals surface area contributed by atoms with Gasteiger partial charge >= 0.3 is 5.97 Å². The van der Waals surface area contributed by atoms with E-state index >= 15 is 0 Å². The molecule has 2 rings (SSSR count). The number of rotatable bonds is 5. The van der Waals surface area contributed by atoms with Gasteiger partial charge in [-0.3, -0.25) is 0 Å². The molecule has 1 aromatic heterocycles. The van der Waals surface area contributed by atoms with Crippen molar-refractivity contribution < 1.29 is 14.6 Å². The predicted octanol–water partition coefficient (Wildman–Crippen LogP) is 4.06. The van der Waals surface area contributed by atoms with Gasteiger partial charge in [0.15, 0.2) is 0 Å². The van der Waals surface area contributed by atoms with Gasteiger partial charge < -0.3 is 9.84 Å². The standard InChI is InChI=1S/C14H14O3S2/c1-9-10(6-13(19-9)14(15)16)8-18-12-5-3-4-11(7-12)17-2/h3-7H,8H2,1-2H3,(H,15,16). The van der Waals surface area contributed by atoms with E-state index in [2.05, 4.69) is 0 Å². The van der Waals surface area contributed by atoms with Crippen molar-refractivity contribution >= 4 is 29.1 Å². The number of hydrogen-bond donors (Lipinski definition) is 1. The van der Waals surface area contributed by atoms with Gasteiger partial charge in [-0.15, -0.1) is 23.1 Å². The number of ether oxygens (including phenoxy) is 1. The molecule has 0 bridgehead atoms. The van der Waals surface area contributed by atoms with Crippen molar-refractivity contribution in [3.05, 3.63) is 45.6 Å². The first-order chi connectivity index (χ1) is 9.10. The maximum absolute atomic E-state index is 10.9. The van der Waals surface area contributed by atoms with Crippen molar-refractivity contribution in [2.75, 3.05) is 7.11 Å². The zero-order valence-corrected chi connectivity index (χ0v) is 12.3. The molecule has 0 aliphatic rings. The predicted molar refractivity (Wildman–Crippen MR) is 78.6 cm³/mol. The lowest BCUT2D eigenvalue weighted by atomic mass is 10.3. The molecule has 0 radical (unpaired) electrons. The van der Waals surface area contributed by atoms with E-state index in [0.29, 0.717) is 4.88 Å². The van der Waals surface area contributed by atoms with E-state index in [1.165, 1.54) is 11.3 Å². The molecule has 19 heavy (non-hydrogen) atoms. The normalized spacial score (nSPS) is 10.4. The van der Waals surface area contributed by atoms with Gasteiger partial charge in [0.25, 0.3) is 0 Å². The summed E-state index contributed by atoms with van der Waals surface area (Å²) in [6.45, 7) is 1.96. The average Bonchev–Trinajstić information content (AvgIpc) is 2.78. The minimum Gasteiger partial charge on any atom is -0.497 e. The Bertz CT molecular complexity index is 590. The van der Waals surface area contributed by atoms with Crippen LogP contribution in [-0.2, 0) is 5.75 Å². The summed E-state index contributed by atoms with van der Waals surface area (Å²) in [7, 11) is 1.64. The smallest absolute Gasteiger partial charge is 0.345 e. The van der Waals surface area contributed by atoms with Crippen LogP contribution in [-0.4, -0.2) is 18.2 Å². The quantitative estimate of drug-likeness (QED) is 0.845. The first-order valence-electron chi connectivity index (χ1n) is 5.69. The number of hydrogen-bond acceptors (Lipinski definition) is 4. The van der Waals surface area contributed by atoms with Crippen LogP contribution in [0.1, 0.15) is 20.1 Å². The fraction of sp³-hybridized carbons (Fsp3) is 0.214. The second-order valence-electron chi connectivity index (χ2n) is 3.96. The summed E-state index contributed by atoms with van der Waals surface area (Å²) in [6.07, 6.45) is 0. The minimum absolute atomic E-state index is 0.402. The number of benzene rings is 1. The molecule has 0 unspecified atom stereocenters. The highest BCUT2D eigenvalue weighted by atomic mass is 32.2. The molecular formula is C14H14O3S2. The number of thioether (sulfide) groups is 1. The zero-order valence-electron chi connectivity index (χ0n) is 10.7. The third-order valence-electron chi connectivity index (χ3n) is 2.67. The van der Waals surface area contributed by atoms with Gasteiger partial charge in [0.05, 0.1) is 7.11 Å². The average molecular weight is 294 g/mol. The number of carboxylic acid groups (broad SMARTS) is 1. The summed E-state index contributed by atoms with van der Waals surface area (Å²) in [5.74, 6) is 0.743. The zero-order chi connectivity index (χ0) is 13.8. The Balaban J connectivity index is 2.07. The molecular weight excluding hydrogens is 280 g/mol. The van der Waals surface area contributed by atoms with Crippen LogP contribution in [0.4, 0.5) is 0 Å². The van der Waals surface area contributed by atoms with Gasteiger partial charge in [0.1, 0.15) is 10.6 Å². The third kappa shape index (κ3) is 3.52. The topological polar surface area (TPSA) is 46.5 Å². The Morgan fingerprint density at radius 1 is 1.42 bits per heavy atom. The Labute approximate surface area is 120 Å². The van der Waals surface area contributed by atoms with Crippen molar-refractivity contribution in [1.29, 1.82) is 0 Å². The molecule has 0 aliphatic carbocycles. The first-order valence-corrected chi connectivity index (χ1v) is 7.50. The van der Waals surface area contributed by atoms with Crippen LogP contribution < -0.4 is 4.74 Å². The van der Waals surface area contributed by atoms with Crippen molar-refractivity contribution in [3.63, 3.8) is 0 Å². The molecule has 0 fully saturated rings. The van der Waals surface area contributed by atoms with Gasteiger partial charge in [-0.25, -0.2) is 4.79 Å². The molecule has 0 spiro atoms. The van der Waals surface area contributed by atoms with Crippen LogP contribution in [0.15, 0.2) is 35.2 Å². The second-order valence-corrected chi connectivity index (χ2v) is 6.27. The largest absolute Gasteiger partial charge is 0.497 e. The van der Waals surface area contributed by atoms with Gasteiger partial charge in [0, 0.05) is 15.5 Å². The maximum atomic E-state index is 10.9. The summed E-state index contributed by atoms with van der Waals surface area (Å²) < 4.78 is 5.18. The number of aromatic carboxylic acids is 1. The highest BCUT2D eigenvalue weighted by Gasteiger charge is 2.11. The molecule has 2 aromatic rings. The molecule has 0 saturated heterocycles. The first kappa shape index (κ1) is 14.0. The summed E-state index contributed by atoms with van der Waals surface area (Å²) in [6, 6.07) is 9.61.